The number of carbonyl (C=O) groups excluding carboxylic acids is 2. The monoisotopic (exact) mass is 261 g/mol. The first-order chi connectivity index (χ1) is 8.97. The fourth-order valence-corrected chi connectivity index (χ4v) is 1.15. The van der Waals surface area contributed by atoms with Gasteiger partial charge in [-0.3, -0.25) is 4.79 Å². The molecule has 0 amide bonds. The summed E-state index contributed by atoms with van der Waals surface area (Å²) in [6.45, 7) is 0.783. The number of esters is 1. The molecule has 0 atom stereocenters. The molecule has 0 bridgehead atoms. The van der Waals surface area contributed by atoms with Gasteiger partial charge in [0.15, 0.2) is 18.1 Å². The maximum Gasteiger partial charge on any atom is 0.361 e. The Morgan fingerprint density at radius 2 is 2.05 bits per heavy atom. The molecule has 0 saturated heterocycles. The molecule has 1 heterocycles. The van der Waals surface area contributed by atoms with Crippen LogP contribution in [0.2, 0.25) is 0 Å². The van der Waals surface area contributed by atoms with Crippen LogP contribution in [-0.2, 0) is 9.53 Å². The Labute approximate surface area is 108 Å². The quantitative estimate of drug-likeness (QED) is 0.420. The minimum atomic E-state index is -0.897. The van der Waals surface area contributed by atoms with Gasteiger partial charge in [0.05, 0.1) is 0 Å². The third-order valence-electron chi connectivity index (χ3n) is 2.04. The summed E-state index contributed by atoms with van der Waals surface area (Å²) in [5, 5.41) is 8.70. The third-order valence-corrected chi connectivity index (χ3v) is 2.04. The molecule has 8 nitrogen and oxygen atoms in total. The number of rotatable bonds is 4. The van der Waals surface area contributed by atoms with Crippen molar-refractivity contribution in [2.75, 3.05) is 12.3 Å². The molecule has 0 fully saturated rings. The molecular weight excluding hydrogens is 250 g/mol. The number of hydrogen-bond donors (Lipinski definition) is 2. The van der Waals surface area contributed by atoms with Crippen LogP contribution >= 0.6 is 0 Å². The molecule has 0 aliphatic heterocycles. The summed E-state index contributed by atoms with van der Waals surface area (Å²) < 4.78 is 4.69. The number of Topliss-reactive ketones (excluding diaryl/α,β-unsaturated/α-hetero) is 1. The van der Waals surface area contributed by atoms with Crippen molar-refractivity contribution in [1.29, 1.82) is 5.26 Å². The number of ketones is 1. The number of aromatic nitrogens is 2. The second kappa shape index (κ2) is 6.11. The fraction of sp³-hybridized carbons (Fsp3) is 0.182. The van der Waals surface area contributed by atoms with Crippen molar-refractivity contribution in [1.82, 2.24) is 9.97 Å². The normalized spacial score (nSPS) is 11.2. The van der Waals surface area contributed by atoms with Gasteiger partial charge in [-0.1, -0.05) is 0 Å². The fourth-order valence-electron chi connectivity index (χ4n) is 1.15. The van der Waals surface area contributed by atoms with Gasteiger partial charge in [-0.25, -0.2) is 14.8 Å². The molecule has 0 aromatic carbocycles. The zero-order valence-corrected chi connectivity index (χ0v) is 10.1. The van der Waals surface area contributed by atoms with E-state index in [-0.39, 0.29) is 22.8 Å². The Morgan fingerprint density at radius 3 is 2.58 bits per heavy atom. The lowest BCUT2D eigenvalue weighted by Crippen LogP contribution is -2.19. The Bertz CT molecular complexity index is 584. The summed E-state index contributed by atoms with van der Waals surface area (Å²) in [6.07, 6.45) is 2.57. The van der Waals surface area contributed by atoms with Crippen LogP contribution in [0.5, 0.6) is 0 Å². The molecule has 0 saturated carbocycles. The summed E-state index contributed by atoms with van der Waals surface area (Å²) >= 11 is 0. The summed E-state index contributed by atoms with van der Waals surface area (Å²) in [5.41, 5.74) is 10.4. The molecule has 0 aliphatic carbocycles. The van der Waals surface area contributed by atoms with Gasteiger partial charge in [0.25, 0.3) is 0 Å². The highest BCUT2D eigenvalue weighted by Crippen LogP contribution is 2.06. The van der Waals surface area contributed by atoms with E-state index in [1.165, 1.54) is 19.3 Å². The first-order valence-corrected chi connectivity index (χ1v) is 5.10. The van der Waals surface area contributed by atoms with Crippen LogP contribution in [0.1, 0.15) is 17.4 Å². The van der Waals surface area contributed by atoms with Crippen LogP contribution in [-0.4, -0.2) is 28.3 Å². The molecule has 19 heavy (non-hydrogen) atoms. The average molecular weight is 261 g/mol. The van der Waals surface area contributed by atoms with Crippen LogP contribution < -0.4 is 11.5 Å². The number of carbonyl (C=O) groups is 2. The number of hydrogen-bond acceptors (Lipinski definition) is 8. The molecular formula is C11H11N5O3. The third kappa shape index (κ3) is 3.50. The highest BCUT2D eigenvalue weighted by molar-refractivity contribution is 6.02. The van der Waals surface area contributed by atoms with E-state index < -0.39 is 18.4 Å². The van der Waals surface area contributed by atoms with Crippen LogP contribution in [0.15, 0.2) is 23.7 Å². The van der Waals surface area contributed by atoms with Crippen LogP contribution in [0.4, 0.5) is 5.82 Å². The van der Waals surface area contributed by atoms with Crippen molar-refractivity contribution in [3.63, 3.8) is 0 Å². The van der Waals surface area contributed by atoms with Gasteiger partial charge in [0.1, 0.15) is 11.6 Å². The van der Waals surface area contributed by atoms with Crippen molar-refractivity contribution in [2.24, 2.45) is 5.73 Å². The number of nitrogens with two attached hydrogens (primary N) is 2. The van der Waals surface area contributed by atoms with Crippen molar-refractivity contribution < 1.29 is 14.3 Å². The first-order valence-electron chi connectivity index (χ1n) is 5.10. The summed E-state index contributed by atoms with van der Waals surface area (Å²) in [5.74, 6) is -1.70. The van der Waals surface area contributed by atoms with E-state index in [0.29, 0.717) is 0 Å². The van der Waals surface area contributed by atoms with Crippen molar-refractivity contribution >= 4 is 17.6 Å². The molecule has 0 radical (unpaired) electrons. The minimum Gasteiger partial charge on any atom is -0.452 e. The standard InChI is InChI=1S/C11H11N5O3/c1-6(13)7(4-12)8(17)5-19-11(18)9-10(14)16-3-2-15-9/h2-3H,5,13H2,1H3,(H2,14,16)/b7-6-. The highest BCUT2D eigenvalue weighted by Gasteiger charge is 2.18. The zero-order chi connectivity index (χ0) is 14.4. The highest BCUT2D eigenvalue weighted by atomic mass is 16.5. The Morgan fingerprint density at radius 1 is 1.42 bits per heavy atom. The van der Waals surface area contributed by atoms with Gasteiger partial charge in [0, 0.05) is 18.1 Å². The number of nitriles is 1. The smallest absolute Gasteiger partial charge is 0.361 e. The second-order valence-corrected chi connectivity index (χ2v) is 3.46. The maximum absolute atomic E-state index is 11.6. The molecule has 1 aromatic heterocycles. The van der Waals surface area contributed by atoms with E-state index in [1.807, 2.05) is 0 Å². The van der Waals surface area contributed by atoms with Crippen molar-refractivity contribution in [2.45, 2.75) is 6.92 Å². The predicted molar refractivity (Wildman–Crippen MR) is 64.2 cm³/mol. The summed E-state index contributed by atoms with van der Waals surface area (Å²) in [7, 11) is 0. The van der Waals surface area contributed by atoms with Crippen molar-refractivity contribution in [3.05, 3.63) is 29.4 Å². The Kier molecular flexibility index (Phi) is 4.54. The molecule has 8 heteroatoms. The van der Waals surface area contributed by atoms with Crippen LogP contribution in [0, 0.1) is 11.3 Å². The van der Waals surface area contributed by atoms with Gasteiger partial charge in [-0.15, -0.1) is 0 Å². The van der Waals surface area contributed by atoms with E-state index in [1.54, 1.807) is 6.07 Å². The van der Waals surface area contributed by atoms with Gasteiger partial charge in [-0.05, 0) is 6.92 Å². The molecule has 0 unspecified atom stereocenters. The lowest BCUT2D eigenvalue weighted by molar-refractivity contribution is -0.118. The van der Waals surface area contributed by atoms with E-state index in [2.05, 4.69) is 9.97 Å². The van der Waals surface area contributed by atoms with E-state index >= 15 is 0 Å². The lowest BCUT2D eigenvalue weighted by atomic mass is 10.1. The molecule has 0 aliphatic rings. The van der Waals surface area contributed by atoms with Gasteiger partial charge in [0.2, 0.25) is 5.78 Å². The van der Waals surface area contributed by atoms with Crippen molar-refractivity contribution in [3.8, 4) is 6.07 Å². The SMILES string of the molecule is C/C(N)=C(\C#N)C(=O)COC(=O)c1nccnc1N. The molecule has 1 aromatic rings. The Balaban J connectivity index is 2.72. The number of allylic oxidation sites excluding steroid dienone is 1. The summed E-state index contributed by atoms with van der Waals surface area (Å²) in [4.78, 5) is 30.4. The van der Waals surface area contributed by atoms with Crippen LogP contribution in [0.3, 0.4) is 0 Å². The first kappa shape index (κ1) is 14.1. The molecule has 4 N–H and O–H groups in total. The lowest BCUT2D eigenvalue weighted by Gasteiger charge is -2.04. The van der Waals surface area contributed by atoms with Gasteiger partial charge in [-0.2, -0.15) is 5.26 Å². The molecule has 0 spiro atoms. The number of nitrogen functional groups attached to an aromatic ring is 1. The largest absolute Gasteiger partial charge is 0.452 e. The predicted octanol–water partition coefficient (Wildman–Crippen LogP) is -0.459. The number of anilines is 1. The van der Waals surface area contributed by atoms with E-state index in [9.17, 15) is 9.59 Å². The van der Waals surface area contributed by atoms with Gasteiger partial charge >= 0.3 is 5.97 Å². The Hall–Kier alpha value is -2.95. The number of nitrogens with zero attached hydrogens (tertiary/aromatic N) is 3. The van der Waals surface area contributed by atoms with Gasteiger partial charge < -0.3 is 16.2 Å². The topological polar surface area (TPSA) is 145 Å². The molecule has 1 rings (SSSR count). The van der Waals surface area contributed by atoms with E-state index in [4.69, 9.17) is 21.5 Å². The van der Waals surface area contributed by atoms with E-state index in [0.717, 1.165) is 0 Å². The maximum atomic E-state index is 11.6. The average Bonchev–Trinajstić information content (AvgIpc) is 2.37. The van der Waals surface area contributed by atoms with Crippen LogP contribution in [0.25, 0.3) is 0 Å². The zero-order valence-electron chi connectivity index (χ0n) is 10.1. The second-order valence-electron chi connectivity index (χ2n) is 3.46. The minimum absolute atomic E-state index is 0.0579. The molecule has 98 valence electrons. The summed E-state index contributed by atoms with van der Waals surface area (Å²) in [6, 6.07) is 1.64. The number of ether oxygens (including phenoxy) is 1.